The van der Waals surface area contributed by atoms with E-state index in [2.05, 4.69) is 22.2 Å². The zero-order chi connectivity index (χ0) is 10.6. The lowest BCUT2D eigenvalue weighted by Crippen LogP contribution is -2.21. The van der Waals surface area contributed by atoms with Crippen LogP contribution in [0.2, 0.25) is 0 Å². The van der Waals surface area contributed by atoms with Crippen LogP contribution in [0.4, 0.5) is 0 Å². The van der Waals surface area contributed by atoms with Crippen molar-refractivity contribution < 1.29 is 0 Å². The van der Waals surface area contributed by atoms with Gasteiger partial charge in [-0.2, -0.15) is 11.8 Å². The molecular formula is C10H14BrNOS. The van der Waals surface area contributed by atoms with Crippen LogP contribution in [0.1, 0.15) is 12.0 Å². The maximum absolute atomic E-state index is 11.7. The maximum atomic E-state index is 11.7. The minimum atomic E-state index is 0.120. The van der Waals surface area contributed by atoms with Crippen molar-refractivity contribution in [3.05, 3.63) is 32.7 Å². The normalized spacial score (nSPS) is 10.5. The number of hydrogen-bond acceptors (Lipinski definition) is 2. The van der Waals surface area contributed by atoms with Gasteiger partial charge in [0.25, 0.3) is 5.56 Å². The molecule has 14 heavy (non-hydrogen) atoms. The van der Waals surface area contributed by atoms with E-state index in [4.69, 9.17) is 0 Å². The minimum absolute atomic E-state index is 0.120. The second-order valence-electron chi connectivity index (χ2n) is 3.19. The number of nitrogens with zero attached hydrogens (tertiary/aromatic N) is 1. The highest BCUT2D eigenvalue weighted by molar-refractivity contribution is 9.10. The number of hydrogen-bond donors (Lipinski definition) is 0. The van der Waals surface area contributed by atoms with Gasteiger partial charge in [-0.3, -0.25) is 4.79 Å². The predicted molar refractivity (Wildman–Crippen MR) is 66.1 cm³/mol. The van der Waals surface area contributed by atoms with Crippen molar-refractivity contribution in [2.24, 2.45) is 0 Å². The third-order valence-electron chi connectivity index (χ3n) is 1.98. The van der Waals surface area contributed by atoms with Crippen molar-refractivity contribution in [3.8, 4) is 0 Å². The van der Waals surface area contributed by atoms with E-state index in [-0.39, 0.29) is 5.56 Å². The second-order valence-corrected chi connectivity index (χ2v) is 5.09. The Morgan fingerprint density at radius 3 is 2.93 bits per heavy atom. The van der Waals surface area contributed by atoms with E-state index in [1.54, 1.807) is 4.57 Å². The topological polar surface area (TPSA) is 22.0 Å². The molecule has 0 unspecified atom stereocenters. The van der Waals surface area contributed by atoms with E-state index in [0.717, 1.165) is 28.8 Å². The van der Waals surface area contributed by atoms with Gasteiger partial charge in [-0.05, 0) is 47.3 Å². The fourth-order valence-corrected chi connectivity index (χ4v) is 2.29. The van der Waals surface area contributed by atoms with Crippen LogP contribution < -0.4 is 5.56 Å². The van der Waals surface area contributed by atoms with Gasteiger partial charge in [0, 0.05) is 22.8 Å². The quantitative estimate of drug-likeness (QED) is 0.789. The van der Waals surface area contributed by atoms with Gasteiger partial charge >= 0.3 is 0 Å². The summed E-state index contributed by atoms with van der Waals surface area (Å²) in [4.78, 5) is 11.7. The van der Waals surface area contributed by atoms with Crippen molar-refractivity contribution >= 4 is 27.7 Å². The molecule has 0 radical (unpaired) electrons. The summed E-state index contributed by atoms with van der Waals surface area (Å²) in [6, 6.07) is 1.85. The molecule has 0 aliphatic rings. The molecule has 0 aromatic carbocycles. The number of pyridine rings is 1. The summed E-state index contributed by atoms with van der Waals surface area (Å²) in [7, 11) is 0. The van der Waals surface area contributed by atoms with Crippen molar-refractivity contribution in [1.29, 1.82) is 0 Å². The number of thioether (sulfide) groups is 1. The van der Waals surface area contributed by atoms with Crippen LogP contribution in [-0.2, 0) is 6.54 Å². The second kappa shape index (κ2) is 5.61. The highest BCUT2D eigenvalue weighted by Crippen LogP contribution is 2.08. The zero-order valence-electron chi connectivity index (χ0n) is 8.42. The van der Waals surface area contributed by atoms with E-state index < -0.39 is 0 Å². The van der Waals surface area contributed by atoms with Crippen LogP contribution >= 0.6 is 27.7 Å². The Labute approximate surface area is 96.8 Å². The van der Waals surface area contributed by atoms with Gasteiger partial charge in [0.15, 0.2) is 0 Å². The Kier molecular flexibility index (Phi) is 4.75. The monoisotopic (exact) mass is 275 g/mol. The SMILES string of the molecule is CSCCCn1cc(Br)cc(C)c1=O. The molecule has 0 amide bonds. The number of aryl methyl sites for hydroxylation is 2. The summed E-state index contributed by atoms with van der Waals surface area (Å²) >= 11 is 5.20. The van der Waals surface area contributed by atoms with Gasteiger partial charge in [0.2, 0.25) is 0 Å². The summed E-state index contributed by atoms with van der Waals surface area (Å²) in [5.74, 6) is 1.10. The molecule has 1 aromatic rings. The highest BCUT2D eigenvalue weighted by Gasteiger charge is 2.00. The molecule has 0 aliphatic heterocycles. The van der Waals surface area contributed by atoms with Crippen LogP contribution in [0, 0.1) is 6.92 Å². The average Bonchev–Trinajstić information content (AvgIpc) is 2.13. The number of aromatic nitrogens is 1. The molecule has 1 rings (SSSR count). The first-order chi connectivity index (χ1) is 6.65. The van der Waals surface area contributed by atoms with Gasteiger partial charge in [0.05, 0.1) is 0 Å². The fraction of sp³-hybridized carbons (Fsp3) is 0.500. The largest absolute Gasteiger partial charge is 0.314 e. The molecule has 4 heteroatoms. The van der Waals surface area contributed by atoms with Crippen molar-refractivity contribution in [3.63, 3.8) is 0 Å². The van der Waals surface area contributed by atoms with E-state index in [9.17, 15) is 4.79 Å². The van der Waals surface area contributed by atoms with E-state index in [0.29, 0.717) is 0 Å². The molecule has 78 valence electrons. The Hall–Kier alpha value is -0.220. The first-order valence-corrected chi connectivity index (χ1v) is 6.69. The van der Waals surface area contributed by atoms with Crippen LogP contribution in [0.3, 0.4) is 0 Å². The number of rotatable bonds is 4. The summed E-state index contributed by atoms with van der Waals surface area (Å²) < 4.78 is 2.74. The first kappa shape index (κ1) is 11.9. The van der Waals surface area contributed by atoms with Gasteiger partial charge in [0.1, 0.15) is 0 Å². The zero-order valence-corrected chi connectivity index (χ0v) is 10.8. The van der Waals surface area contributed by atoms with Gasteiger partial charge in [-0.25, -0.2) is 0 Å². The summed E-state index contributed by atoms with van der Waals surface area (Å²) in [6.45, 7) is 2.65. The van der Waals surface area contributed by atoms with E-state index >= 15 is 0 Å². The predicted octanol–water partition coefficient (Wildman–Crippen LogP) is 2.67. The fourth-order valence-electron chi connectivity index (χ4n) is 1.29. The third kappa shape index (κ3) is 3.17. The van der Waals surface area contributed by atoms with Crippen molar-refractivity contribution in [2.45, 2.75) is 19.9 Å². The average molecular weight is 276 g/mol. The van der Waals surface area contributed by atoms with Crippen LogP contribution in [0.15, 0.2) is 21.5 Å². The Balaban J connectivity index is 2.81. The van der Waals surface area contributed by atoms with Gasteiger partial charge in [-0.1, -0.05) is 0 Å². The van der Waals surface area contributed by atoms with Crippen molar-refractivity contribution in [2.75, 3.05) is 12.0 Å². The Morgan fingerprint density at radius 2 is 2.29 bits per heavy atom. The van der Waals surface area contributed by atoms with Crippen LogP contribution in [0.5, 0.6) is 0 Å². The highest BCUT2D eigenvalue weighted by atomic mass is 79.9. The molecule has 2 nitrogen and oxygen atoms in total. The molecule has 1 heterocycles. The lowest BCUT2D eigenvalue weighted by atomic mass is 10.3. The molecule has 0 fully saturated rings. The molecule has 0 saturated heterocycles. The molecule has 0 bridgehead atoms. The van der Waals surface area contributed by atoms with Crippen molar-refractivity contribution in [1.82, 2.24) is 4.57 Å². The summed E-state index contributed by atoms with van der Waals surface area (Å²) in [6.07, 6.45) is 4.97. The van der Waals surface area contributed by atoms with E-state index in [1.165, 1.54) is 0 Å². The lowest BCUT2D eigenvalue weighted by Gasteiger charge is -2.06. The van der Waals surface area contributed by atoms with Crippen LogP contribution in [0.25, 0.3) is 0 Å². The lowest BCUT2D eigenvalue weighted by molar-refractivity contribution is 0.653. The van der Waals surface area contributed by atoms with Gasteiger partial charge < -0.3 is 4.57 Å². The van der Waals surface area contributed by atoms with Gasteiger partial charge in [-0.15, -0.1) is 0 Å². The Morgan fingerprint density at radius 1 is 1.57 bits per heavy atom. The molecule has 0 aliphatic carbocycles. The molecule has 0 N–H and O–H groups in total. The van der Waals surface area contributed by atoms with E-state index in [1.807, 2.05) is 30.9 Å². The Bertz CT molecular complexity index is 362. The molecule has 0 spiro atoms. The standard InChI is InChI=1S/C10H14BrNOS/c1-8-6-9(11)7-12(10(8)13)4-3-5-14-2/h6-7H,3-5H2,1-2H3. The molecule has 0 saturated carbocycles. The molecule has 1 aromatic heterocycles. The third-order valence-corrected chi connectivity index (χ3v) is 3.11. The molecule has 0 atom stereocenters. The summed E-state index contributed by atoms with van der Waals surface area (Å²) in [5.41, 5.74) is 0.915. The smallest absolute Gasteiger partial charge is 0.253 e. The maximum Gasteiger partial charge on any atom is 0.253 e. The molecular weight excluding hydrogens is 262 g/mol. The van der Waals surface area contributed by atoms with Crippen LogP contribution in [-0.4, -0.2) is 16.6 Å². The first-order valence-electron chi connectivity index (χ1n) is 4.50. The number of halogens is 1. The summed E-state index contributed by atoms with van der Waals surface area (Å²) in [5, 5.41) is 0. The minimum Gasteiger partial charge on any atom is -0.314 e.